The Labute approximate surface area is 137 Å². The molecule has 0 saturated heterocycles. The van der Waals surface area contributed by atoms with Gasteiger partial charge >= 0.3 is 0 Å². The first-order chi connectivity index (χ1) is 11.8. The fourth-order valence-corrected chi connectivity index (χ4v) is 2.02. The summed E-state index contributed by atoms with van der Waals surface area (Å²) >= 11 is 0. The highest BCUT2D eigenvalue weighted by molar-refractivity contribution is 5.92. The molecule has 0 fully saturated rings. The van der Waals surface area contributed by atoms with E-state index in [4.69, 9.17) is 9.68 Å². The van der Waals surface area contributed by atoms with Crippen molar-refractivity contribution in [3.05, 3.63) is 71.8 Å². The van der Waals surface area contributed by atoms with Gasteiger partial charge < -0.3 is 15.1 Å². The highest BCUT2D eigenvalue weighted by atomic mass is 16.3. The van der Waals surface area contributed by atoms with E-state index < -0.39 is 0 Å². The molecule has 0 saturated carbocycles. The standard InChI is InChI=1S/C17H13N5O2/c18-10-12-4-1-2-6-14(12)20-16-8-7-15(21-22-16)17(23)19-11-13-5-3-9-24-13/h1-9H,11H2,(H,19,23)(H,20,22). The maximum atomic E-state index is 12.0. The van der Waals surface area contributed by atoms with Crippen LogP contribution in [0, 0.1) is 11.3 Å². The summed E-state index contributed by atoms with van der Waals surface area (Å²) in [6, 6.07) is 15.9. The minimum atomic E-state index is -0.345. The molecule has 7 heteroatoms. The van der Waals surface area contributed by atoms with Crippen LogP contribution in [0.25, 0.3) is 0 Å². The highest BCUT2D eigenvalue weighted by Gasteiger charge is 2.09. The van der Waals surface area contributed by atoms with Gasteiger partial charge in [-0.15, -0.1) is 10.2 Å². The van der Waals surface area contributed by atoms with Crippen LogP contribution in [0.4, 0.5) is 11.5 Å². The van der Waals surface area contributed by atoms with E-state index in [2.05, 4.69) is 26.9 Å². The Balaban J connectivity index is 1.64. The van der Waals surface area contributed by atoms with E-state index in [0.717, 1.165) is 0 Å². The number of nitrogens with one attached hydrogen (secondary N) is 2. The van der Waals surface area contributed by atoms with Gasteiger partial charge in [0.15, 0.2) is 11.5 Å². The molecule has 0 radical (unpaired) electrons. The molecule has 0 atom stereocenters. The van der Waals surface area contributed by atoms with Crippen LogP contribution in [-0.2, 0) is 6.54 Å². The largest absolute Gasteiger partial charge is 0.467 e. The van der Waals surface area contributed by atoms with Crippen molar-refractivity contribution in [2.24, 2.45) is 0 Å². The van der Waals surface area contributed by atoms with Gasteiger partial charge in [0.1, 0.15) is 11.8 Å². The van der Waals surface area contributed by atoms with Crippen LogP contribution >= 0.6 is 0 Å². The smallest absolute Gasteiger partial charge is 0.272 e. The van der Waals surface area contributed by atoms with Gasteiger partial charge in [-0.05, 0) is 36.4 Å². The lowest BCUT2D eigenvalue weighted by molar-refractivity contribution is 0.0942. The van der Waals surface area contributed by atoms with Gasteiger partial charge in [0.25, 0.3) is 5.91 Å². The van der Waals surface area contributed by atoms with Gasteiger partial charge in [0, 0.05) is 0 Å². The summed E-state index contributed by atoms with van der Waals surface area (Å²) in [5, 5.41) is 22.6. The van der Waals surface area contributed by atoms with Gasteiger partial charge in [-0.2, -0.15) is 5.26 Å². The molecule has 3 aromatic rings. The molecule has 7 nitrogen and oxygen atoms in total. The lowest BCUT2D eigenvalue weighted by Gasteiger charge is -2.07. The van der Waals surface area contributed by atoms with E-state index in [-0.39, 0.29) is 18.1 Å². The van der Waals surface area contributed by atoms with Crippen LogP contribution in [-0.4, -0.2) is 16.1 Å². The first kappa shape index (κ1) is 15.2. The molecule has 1 amide bonds. The first-order valence-corrected chi connectivity index (χ1v) is 7.17. The van der Waals surface area contributed by atoms with Gasteiger partial charge in [-0.3, -0.25) is 4.79 Å². The average Bonchev–Trinajstić information content (AvgIpc) is 3.14. The molecular formula is C17H13N5O2. The van der Waals surface area contributed by atoms with Gasteiger partial charge in [-0.25, -0.2) is 0 Å². The van der Waals surface area contributed by atoms with Crippen molar-refractivity contribution in [3.63, 3.8) is 0 Å². The Bertz CT molecular complexity index is 867. The van der Waals surface area contributed by atoms with Crippen molar-refractivity contribution >= 4 is 17.4 Å². The van der Waals surface area contributed by atoms with Gasteiger partial charge in [0.05, 0.1) is 24.1 Å². The van der Waals surface area contributed by atoms with Crippen LogP contribution in [0.2, 0.25) is 0 Å². The number of anilines is 2. The molecule has 0 unspecified atom stereocenters. The van der Waals surface area contributed by atoms with Crippen molar-refractivity contribution in [2.45, 2.75) is 6.54 Å². The monoisotopic (exact) mass is 319 g/mol. The summed E-state index contributed by atoms with van der Waals surface area (Å²) in [4.78, 5) is 12.0. The lowest BCUT2D eigenvalue weighted by Crippen LogP contribution is -2.23. The van der Waals surface area contributed by atoms with Crippen molar-refractivity contribution in [1.82, 2.24) is 15.5 Å². The quantitative estimate of drug-likeness (QED) is 0.749. The second kappa shape index (κ2) is 7.07. The van der Waals surface area contributed by atoms with Crippen molar-refractivity contribution in [2.75, 3.05) is 5.32 Å². The number of nitriles is 1. The second-order valence-electron chi connectivity index (χ2n) is 4.85. The average molecular weight is 319 g/mol. The summed E-state index contributed by atoms with van der Waals surface area (Å²) in [7, 11) is 0. The summed E-state index contributed by atoms with van der Waals surface area (Å²) < 4.78 is 5.14. The molecule has 1 aromatic carbocycles. The Kier molecular flexibility index (Phi) is 4.49. The second-order valence-corrected chi connectivity index (χ2v) is 4.85. The zero-order valence-electron chi connectivity index (χ0n) is 12.6. The number of hydrogen-bond acceptors (Lipinski definition) is 6. The molecule has 0 spiro atoms. The fourth-order valence-electron chi connectivity index (χ4n) is 2.02. The number of para-hydroxylation sites is 1. The Morgan fingerprint density at radius 2 is 2.00 bits per heavy atom. The van der Waals surface area contributed by atoms with E-state index in [9.17, 15) is 4.79 Å². The fraction of sp³-hybridized carbons (Fsp3) is 0.0588. The molecule has 24 heavy (non-hydrogen) atoms. The zero-order chi connectivity index (χ0) is 16.8. The number of aromatic nitrogens is 2. The number of amides is 1. The maximum absolute atomic E-state index is 12.0. The third-order valence-electron chi connectivity index (χ3n) is 3.21. The molecule has 0 aliphatic heterocycles. The molecule has 2 N–H and O–H groups in total. The molecule has 0 aliphatic rings. The zero-order valence-corrected chi connectivity index (χ0v) is 12.6. The van der Waals surface area contributed by atoms with E-state index in [0.29, 0.717) is 22.8 Å². The number of rotatable bonds is 5. The van der Waals surface area contributed by atoms with Gasteiger partial charge in [-0.1, -0.05) is 12.1 Å². The minimum Gasteiger partial charge on any atom is -0.467 e. The number of carbonyl (C=O) groups is 1. The third kappa shape index (κ3) is 3.56. The minimum absolute atomic E-state index is 0.195. The van der Waals surface area contributed by atoms with Crippen LogP contribution in [0.1, 0.15) is 21.8 Å². The van der Waals surface area contributed by atoms with Crippen molar-refractivity contribution < 1.29 is 9.21 Å². The SMILES string of the molecule is N#Cc1ccccc1Nc1ccc(C(=O)NCc2ccco2)nn1. The molecular weight excluding hydrogens is 306 g/mol. The summed E-state index contributed by atoms with van der Waals surface area (Å²) in [6.45, 7) is 0.281. The molecule has 0 bridgehead atoms. The van der Waals surface area contributed by atoms with E-state index in [1.165, 1.54) is 0 Å². The van der Waals surface area contributed by atoms with E-state index in [1.54, 1.807) is 48.7 Å². The van der Waals surface area contributed by atoms with E-state index >= 15 is 0 Å². The third-order valence-corrected chi connectivity index (χ3v) is 3.21. The number of nitrogens with zero attached hydrogens (tertiary/aromatic N) is 3. The summed E-state index contributed by atoms with van der Waals surface area (Å²) in [5.41, 5.74) is 1.32. The van der Waals surface area contributed by atoms with Crippen LogP contribution in [0.5, 0.6) is 0 Å². The molecule has 2 aromatic heterocycles. The number of hydrogen-bond donors (Lipinski definition) is 2. The topological polar surface area (TPSA) is 104 Å². The van der Waals surface area contributed by atoms with Gasteiger partial charge in [0.2, 0.25) is 0 Å². The van der Waals surface area contributed by atoms with E-state index in [1.807, 2.05) is 6.07 Å². The van der Waals surface area contributed by atoms with Crippen LogP contribution < -0.4 is 10.6 Å². The normalized spacial score (nSPS) is 9.96. The van der Waals surface area contributed by atoms with Crippen molar-refractivity contribution in [3.8, 4) is 6.07 Å². The number of benzene rings is 1. The molecule has 3 rings (SSSR count). The molecule has 2 heterocycles. The first-order valence-electron chi connectivity index (χ1n) is 7.17. The molecule has 0 aliphatic carbocycles. The maximum Gasteiger partial charge on any atom is 0.272 e. The molecule has 118 valence electrons. The van der Waals surface area contributed by atoms with Crippen LogP contribution in [0.3, 0.4) is 0 Å². The van der Waals surface area contributed by atoms with Crippen molar-refractivity contribution in [1.29, 1.82) is 5.26 Å². The summed E-state index contributed by atoms with van der Waals surface area (Å²) in [6.07, 6.45) is 1.54. The predicted molar refractivity (Wildman–Crippen MR) is 86.3 cm³/mol. The Morgan fingerprint density at radius 3 is 2.71 bits per heavy atom. The predicted octanol–water partition coefficient (Wildman–Crippen LogP) is 2.61. The Hall–Kier alpha value is -3.66. The number of furan rings is 1. The Morgan fingerprint density at radius 1 is 1.12 bits per heavy atom. The highest BCUT2D eigenvalue weighted by Crippen LogP contribution is 2.18. The number of carbonyl (C=O) groups excluding carboxylic acids is 1. The lowest BCUT2D eigenvalue weighted by atomic mass is 10.2. The summed E-state index contributed by atoms with van der Waals surface area (Å²) in [5.74, 6) is 0.755. The van der Waals surface area contributed by atoms with Crippen LogP contribution in [0.15, 0.2) is 59.2 Å².